The Morgan fingerprint density at radius 1 is 1.14 bits per heavy atom. The molecule has 0 atom stereocenters. The van der Waals surface area contributed by atoms with Gasteiger partial charge in [-0.2, -0.15) is 5.26 Å². The molecule has 4 heteroatoms. The first kappa shape index (κ1) is 14.4. The van der Waals surface area contributed by atoms with Gasteiger partial charge in [-0.3, -0.25) is 0 Å². The van der Waals surface area contributed by atoms with E-state index in [2.05, 4.69) is 51.6 Å². The van der Waals surface area contributed by atoms with Crippen LogP contribution in [0.15, 0.2) is 46.9 Å². The summed E-state index contributed by atoms with van der Waals surface area (Å²) in [4.78, 5) is 0. The SMILES string of the molecule is N#Cc1cc(NC2CC(c3ccc(Br)cc3)C2)ccc1Cl. The topological polar surface area (TPSA) is 35.8 Å². The number of hydrogen-bond donors (Lipinski definition) is 1. The lowest BCUT2D eigenvalue weighted by Crippen LogP contribution is -2.33. The third kappa shape index (κ3) is 3.23. The molecule has 0 bridgehead atoms. The number of rotatable bonds is 3. The lowest BCUT2D eigenvalue weighted by atomic mass is 9.76. The second kappa shape index (κ2) is 6.09. The van der Waals surface area contributed by atoms with E-state index in [1.807, 2.05) is 12.1 Å². The molecule has 0 aromatic heterocycles. The van der Waals surface area contributed by atoms with Crippen molar-refractivity contribution in [2.75, 3.05) is 5.32 Å². The van der Waals surface area contributed by atoms with Gasteiger partial charge in [0.15, 0.2) is 0 Å². The number of nitrogens with zero attached hydrogens (tertiary/aromatic N) is 1. The second-order valence-corrected chi connectivity index (χ2v) is 6.69. The quantitative estimate of drug-likeness (QED) is 0.801. The van der Waals surface area contributed by atoms with Crippen LogP contribution in [0.1, 0.15) is 29.9 Å². The lowest BCUT2D eigenvalue weighted by Gasteiger charge is -2.37. The summed E-state index contributed by atoms with van der Waals surface area (Å²) in [6, 6.07) is 16.6. The molecule has 0 unspecified atom stereocenters. The van der Waals surface area contributed by atoms with Crippen molar-refractivity contribution in [2.24, 2.45) is 0 Å². The van der Waals surface area contributed by atoms with Gasteiger partial charge < -0.3 is 5.32 Å². The molecule has 21 heavy (non-hydrogen) atoms. The largest absolute Gasteiger partial charge is 0.382 e. The molecular formula is C17H14BrClN2. The van der Waals surface area contributed by atoms with Crippen molar-refractivity contribution < 1.29 is 0 Å². The number of benzene rings is 2. The predicted molar refractivity (Wildman–Crippen MR) is 89.7 cm³/mol. The van der Waals surface area contributed by atoms with Crippen LogP contribution in [0.2, 0.25) is 5.02 Å². The first-order chi connectivity index (χ1) is 10.2. The Kier molecular flexibility index (Phi) is 4.19. The van der Waals surface area contributed by atoms with Gasteiger partial charge in [-0.05, 0) is 54.7 Å². The van der Waals surface area contributed by atoms with Crippen molar-refractivity contribution in [3.05, 3.63) is 63.1 Å². The van der Waals surface area contributed by atoms with Gasteiger partial charge in [0.2, 0.25) is 0 Å². The average Bonchev–Trinajstić information content (AvgIpc) is 2.45. The molecule has 0 spiro atoms. The van der Waals surface area contributed by atoms with Crippen LogP contribution in [0.25, 0.3) is 0 Å². The summed E-state index contributed by atoms with van der Waals surface area (Å²) in [5.41, 5.74) is 2.88. The molecule has 3 rings (SSSR count). The number of nitrogens with one attached hydrogen (secondary N) is 1. The van der Waals surface area contributed by atoms with Crippen LogP contribution >= 0.6 is 27.5 Å². The molecule has 0 saturated heterocycles. The fourth-order valence-electron chi connectivity index (χ4n) is 2.68. The monoisotopic (exact) mass is 360 g/mol. The maximum absolute atomic E-state index is 9.00. The Morgan fingerprint density at radius 2 is 1.86 bits per heavy atom. The Morgan fingerprint density at radius 3 is 2.52 bits per heavy atom. The van der Waals surface area contributed by atoms with Crippen LogP contribution in [-0.2, 0) is 0 Å². The van der Waals surface area contributed by atoms with Gasteiger partial charge in [0, 0.05) is 16.2 Å². The highest BCUT2D eigenvalue weighted by molar-refractivity contribution is 9.10. The number of hydrogen-bond acceptors (Lipinski definition) is 2. The first-order valence-electron chi connectivity index (χ1n) is 6.87. The fourth-order valence-corrected chi connectivity index (χ4v) is 3.10. The van der Waals surface area contributed by atoms with Crippen molar-refractivity contribution >= 4 is 33.2 Å². The highest BCUT2D eigenvalue weighted by Crippen LogP contribution is 2.39. The molecule has 2 aromatic rings. The second-order valence-electron chi connectivity index (χ2n) is 5.37. The van der Waals surface area contributed by atoms with E-state index in [0.717, 1.165) is 23.0 Å². The Labute approximate surface area is 137 Å². The minimum Gasteiger partial charge on any atom is -0.382 e. The summed E-state index contributed by atoms with van der Waals surface area (Å²) in [5, 5.41) is 13.0. The van der Waals surface area contributed by atoms with Crippen molar-refractivity contribution in [1.82, 2.24) is 0 Å². The molecule has 1 N–H and O–H groups in total. The molecular weight excluding hydrogens is 348 g/mol. The zero-order valence-electron chi connectivity index (χ0n) is 11.3. The molecule has 1 aliphatic carbocycles. The summed E-state index contributed by atoms with van der Waals surface area (Å²) >= 11 is 9.40. The zero-order valence-corrected chi connectivity index (χ0v) is 13.7. The number of nitriles is 1. The number of anilines is 1. The minimum atomic E-state index is 0.464. The molecule has 1 fully saturated rings. The number of halogens is 2. The Bertz CT molecular complexity index is 685. The predicted octanol–water partition coefficient (Wildman–Crippen LogP) is 5.33. The van der Waals surface area contributed by atoms with Crippen LogP contribution in [0.3, 0.4) is 0 Å². The third-order valence-electron chi connectivity index (χ3n) is 3.94. The van der Waals surface area contributed by atoms with Crippen molar-refractivity contribution in [1.29, 1.82) is 5.26 Å². The highest BCUT2D eigenvalue weighted by Gasteiger charge is 2.30. The molecule has 0 aliphatic heterocycles. The van der Waals surface area contributed by atoms with E-state index in [4.69, 9.17) is 16.9 Å². The molecule has 1 saturated carbocycles. The van der Waals surface area contributed by atoms with Gasteiger partial charge in [-0.25, -0.2) is 0 Å². The van der Waals surface area contributed by atoms with Crippen molar-refractivity contribution in [2.45, 2.75) is 24.8 Å². The third-order valence-corrected chi connectivity index (χ3v) is 4.80. The van der Waals surface area contributed by atoms with Gasteiger partial charge in [0.05, 0.1) is 10.6 Å². The maximum Gasteiger partial charge on any atom is 0.101 e. The van der Waals surface area contributed by atoms with E-state index in [1.54, 1.807) is 6.07 Å². The summed E-state index contributed by atoms with van der Waals surface area (Å²) in [6.07, 6.45) is 2.23. The lowest BCUT2D eigenvalue weighted by molar-refractivity contribution is 0.374. The normalized spacial score (nSPS) is 20.4. The van der Waals surface area contributed by atoms with E-state index in [9.17, 15) is 0 Å². The average molecular weight is 362 g/mol. The molecule has 0 amide bonds. The van der Waals surface area contributed by atoms with E-state index < -0.39 is 0 Å². The van der Waals surface area contributed by atoms with Gasteiger partial charge >= 0.3 is 0 Å². The Balaban J connectivity index is 1.60. The smallest absolute Gasteiger partial charge is 0.101 e. The fraction of sp³-hybridized carbons (Fsp3) is 0.235. The highest BCUT2D eigenvalue weighted by atomic mass is 79.9. The van der Waals surface area contributed by atoms with Gasteiger partial charge in [0.1, 0.15) is 6.07 Å². The summed E-state index contributed by atoms with van der Waals surface area (Å²) in [7, 11) is 0. The van der Waals surface area contributed by atoms with Gasteiger partial charge in [0.25, 0.3) is 0 Å². The van der Waals surface area contributed by atoms with Crippen LogP contribution in [-0.4, -0.2) is 6.04 Å². The first-order valence-corrected chi connectivity index (χ1v) is 8.04. The molecule has 2 aromatic carbocycles. The summed E-state index contributed by atoms with van der Waals surface area (Å²) < 4.78 is 1.12. The minimum absolute atomic E-state index is 0.464. The standard InChI is InChI=1S/C17H14BrClN2/c18-14-3-1-11(2-4-14)12-7-16(8-12)21-15-5-6-17(19)13(9-15)10-20/h1-6,9,12,16,21H,7-8H2. The van der Waals surface area contributed by atoms with Crippen LogP contribution < -0.4 is 5.32 Å². The van der Waals surface area contributed by atoms with Crippen molar-refractivity contribution in [3.8, 4) is 6.07 Å². The van der Waals surface area contributed by atoms with Crippen molar-refractivity contribution in [3.63, 3.8) is 0 Å². The van der Waals surface area contributed by atoms with Gasteiger partial charge in [-0.1, -0.05) is 39.7 Å². The van der Waals surface area contributed by atoms with Gasteiger partial charge in [-0.15, -0.1) is 0 Å². The van der Waals surface area contributed by atoms with Crippen LogP contribution in [0, 0.1) is 11.3 Å². The molecule has 0 heterocycles. The van der Waals surface area contributed by atoms with E-state index in [-0.39, 0.29) is 0 Å². The molecule has 0 radical (unpaired) electrons. The van der Waals surface area contributed by atoms with E-state index in [1.165, 1.54) is 5.56 Å². The molecule has 2 nitrogen and oxygen atoms in total. The summed E-state index contributed by atoms with van der Waals surface area (Å²) in [5.74, 6) is 0.623. The Hall–Kier alpha value is -1.50. The maximum atomic E-state index is 9.00. The van der Waals surface area contributed by atoms with E-state index in [0.29, 0.717) is 22.5 Å². The summed E-state index contributed by atoms with van der Waals surface area (Å²) in [6.45, 7) is 0. The molecule has 1 aliphatic rings. The van der Waals surface area contributed by atoms with Crippen LogP contribution in [0.4, 0.5) is 5.69 Å². The van der Waals surface area contributed by atoms with Crippen LogP contribution in [0.5, 0.6) is 0 Å². The molecule has 106 valence electrons. The van der Waals surface area contributed by atoms with E-state index >= 15 is 0 Å². The zero-order chi connectivity index (χ0) is 14.8.